The molecule has 0 aromatic carbocycles. The SMILES string of the molecule is C=CCNC(=O)C(=O)C(CCC)NC(=O)[C@@H]1[C@@H]2[C@H](CN1C(=O)[C@@H](NC(=O)N[C@H](CN1C(=O)c3cc[n+]([O-])cc3C1=O)C(C)(C)C)C(C)(C)C)C2(C)C. The first-order chi connectivity index (χ1) is 24.1. The summed E-state index contributed by atoms with van der Waals surface area (Å²) in [5.41, 5.74) is -1.66. The number of amides is 7. The lowest BCUT2D eigenvalue weighted by atomic mass is 9.85. The minimum Gasteiger partial charge on any atom is -0.619 e. The number of hydrogen-bond donors (Lipinski definition) is 4. The second kappa shape index (κ2) is 14.7. The fraction of sp³-hybridized carbons (Fsp3) is 0.622. The zero-order valence-corrected chi connectivity index (χ0v) is 31.6. The van der Waals surface area contributed by atoms with Gasteiger partial charge in [-0.25, -0.2) is 4.79 Å². The first-order valence-corrected chi connectivity index (χ1v) is 17.8. The van der Waals surface area contributed by atoms with E-state index in [1.165, 1.54) is 17.0 Å². The van der Waals surface area contributed by atoms with Gasteiger partial charge in [0.05, 0.1) is 24.2 Å². The van der Waals surface area contributed by atoms with Crippen LogP contribution in [-0.4, -0.2) is 95.0 Å². The van der Waals surface area contributed by atoms with Crippen molar-refractivity contribution in [1.82, 2.24) is 31.1 Å². The summed E-state index contributed by atoms with van der Waals surface area (Å²) >= 11 is 0. The predicted molar refractivity (Wildman–Crippen MR) is 190 cm³/mol. The number of nitrogens with one attached hydrogen (secondary N) is 4. The highest BCUT2D eigenvalue weighted by Gasteiger charge is 2.70. The van der Waals surface area contributed by atoms with E-state index in [1.54, 1.807) is 20.8 Å². The smallest absolute Gasteiger partial charge is 0.315 e. The molecular weight excluding hydrogens is 670 g/mol. The summed E-state index contributed by atoms with van der Waals surface area (Å²) in [7, 11) is 0. The van der Waals surface area contributed by atoms with Gasteiger partial charge in [0.15, 0.2) is 12.4 Å². The number of likely N-dealkylation sites (tertiary alicyclic amines) is 1. The Hall–Kier alpha value is -4.82. The van der Waals surface area contributed by atoms with Crippen LogP contribution < -0.4 is 26.0 Å². The molecule has 1 unspecified atom stereocenters. The summed E-state index contributed by atoms with van der Waals surface area (Å²) in [5, 5.41) is 22.7. The molecule has 52 heavy (non-hydrogen) atoms. The van der Waals surface area contributed by atoms with Crippen LogP contribution in [0.25, 0.3) is 0 Å². The van der Waals surface area contributed by atoms with Crippen molar-refractivity contribution in [3.05, 3.63) is 47.4 Å². The third-order valence-electron chi connectivity index (χ3n) is 10.6. The Morgan fingerprint density at radius 3 is 2.23 bits per heavy atom. The number of imide groups is 1. The lowest BCUT2D eigenvalue weighted by Gasteiger charge is -2.39. The molecule has 7 amide bonds. The first kappa shape index (κ1) is 40.0. The van der Waals surface area contributed by atoms with Gasteiger partial charge in [-0.1, -0.05) is 74.8 Å². The van der Waals surface area contributed by atoms with Gasteiger partial charge >= 0.3 is 6.03 Å². The molecule has 0 spiro atoms. The maximum atomic E-state index is 14.4. The number of carbonyl (C=O) groups is 7. The van der Waals surface area contributed by atoms with Crippen LogP contribution in [0, 0.1) is 33.3 Å². The van der Waals surface area contributed by atoms with Crippen LogP contribution >= 0.6 is 0 Å². The quantitative estimate of drug-likeness (QED) is 0.0774. The molecule has 4 N–H and O–H groups in total. The number of piperidine rings is 1. The van der Waals surface area contributed by atoms with Crippen molar-refractivity contribution in [3.63, 3.8) is 0 Å². The van der Waals surface area contributed by atoms with Crippen LogP contribution in [-0.2, 0) is 19.2 Å². The molecular formula is C37H53N7O8. The van der Waals surface area contributed by atoms with Gasteiger partial charge in [0.25, 0.3) is 17.7 Å². The van der Waals surface area contributed by atoms with Crippen molar-refractivity contribution in [2.45, 2.75) is 99.3 Å². The van der Waals surface area contributed by atoms with Crippen LogP contribution in [0.15, 0.2) is 31.1 Å². The highest BCUT2D eigenvalue weighted by molar-refractivity contribution is 6.38. The molecule has 4 rings (SSSR count). The maximum absolute atomic E-state index is 14.4. The largest absolute Gasteiger partial charge is 0.619 e. The number of hydrogen-bond acceptors (Lipinski definition) is 8. The molecule has 1 aliphatic carbocycles. The molecule has 1 saturated carbocycles. The van der Waals surface area contributed by atoms with Crippen molar-refractivity contribution in [2.24, 2.45) is 28.1 Å². The van der Waals surface area contributed by atoms with Gasteiger partial charge in [-0.05, 0) is 34.5 Å². The second-order valence-corrected chi connectivity index (χ2v) is 16.8. The Bertz CT molecular complexity index is 1660. The Kier molecular flexibility index (Phi) is 11.3. The molecule has 15 nitrogen and oxygen atoms in total. The van der Waals surface area contributed by atoms with Crippen LogP contribution in [0.2, 0.25) is 0 Å². The predicted octanol–water partition coefficient (Wildman–Crippen LogP) is 1.68. The molecule has 0 bridgehead atoms. The minimum absolute atomic E-state index is 0.0129. The number of Topliss-reactive ketones (excluding diaryl/α,β-unsaturated/α-hetero) is 1. The monoisotopic (exact) mass is 723 g/mol. The van der Waals surface area contributed by atoms with Gasteiger partial charge < -0.3 is 31.4 Å². The van der Waals surface area contributed by atoms with Gasteiger partial charge in [0.2, 0.25) is 17.6 Å². The molecule has 3 aliphatic rings. The molecule has 284 valence electrons. The summed E-state index contributed by atoms with van der Waals surface area (Å²) in [6, 6.07) is -3.32. The van der Waals surface area contributed by atoms with E-state index >= 15 is 0 Å². The number of urea groups is 1. The third kappa shape index (κ3) is 7.97. The number of aromatic nitrogens is 1. The van der Waals surface area contributed by atoms with Crippen LogP contribution in [0.4, 0.5) is 4.79 Å². The summed E-state index contributed by atoms with van der Waals surface area (Å²) < 4.78 is 0.441. The molecule has 1 aromatic heterocycles. The second-order valence-electron chi connectivity index (χ2n) is 16.8. The molecule has 2 fully saturated rings. The Labute approximate surface area is 304 Å². The van der Waals surface area contributed by atoms with Crippen LogP contribution in [0.5, 0.6) is 0 Å². The van der Waals surface area contributed by atoms with Crippen molar-refractivity contribution < 1.29 is 38.3 Å². The van der Waals surface area contributed by atoms with E-state index in [4.69, 9.17) is 0 Å². The third-order valence-corrected chi connectivity index (χ3v) is 10.6. The minimum atomic E-state index is -1.10. The summed E-state index contributed by atoms with van der Waals surface area (Å²) in [6.07, 6.45) is 4.37. The lowest BCUT2D eigenvalue weighted by Crippen LogP contribution is -2.62. The molecule has 2 aliphatic heterocycles. The number of pyridine rings is 1. The fourth-order valence-electron chi connectivity index (χ4n) is 7.29. The van der Waals surface area contributed by atoms with Crippen molar-refractivity contribution in [1.29, 1.82) is 0 Å². The van der Waals surface area contributed by atoms with Crippen molar-refractivity contribution >= 4 is 41.4 Å². The molecule has 0 radical (unpaired) electrons. The molecule has 3 heterocycles. The first-order valence-electron chi connectivity index (χ1n) is 17.8. The van der Waals surface area contributed by atoms with Crippen LogP contribution in [0.1, 0.15) is 95.9 Å². The van der Waals surface area contributed by atoms with Gasteiger partial charge in [-0.2, -0.15) is 4.73 Å². The zero-order valence-electron chi connectivity index (χ0n) is 31.6. The fourth-order valence-corrected chi connectivity index (χ4v) is 7.29. The topological polar surface area (TPSA) is 201 Å². The maximum Gasteiger partial charge on any atom is 0.315 e. The zero-order chi connectivity index (χ0) is 39.1. The van der Waals surface area contributed by atoms with E-state index in [2.05, 4.69) is 27.8 Å². The average molecular weight is 724 g/mol. The molecule has 1 aromatic rings. The lowest BCUT2D eigenvalue weighted by molar-refractivity contribution is -0.605. The van der Waals surface area contributed by atoms with Gasteiger partial charge in [0.1, 0.15) is 17.6 Å². The summed E-state index contributed by atoms with van der Waals surface area (Å²) in [5.74, 6) is -4.05. The average Bonchev–Trinajstić information content (AvgIpc) is 3.30. The van der Waals surface area contributed by atoms with Crippen LogP contribution in [0.3, 0.4) is 0 Å². The number of ketones is 1. The van der Waals surface area contributed by atoms with E-state index in [0.29, 0.717) is 11.2 Å². The Balaban J connectivity index is 1.53. The summed E-state index contributed by atoms with van der Waals surface area (Å²) in [4.78, 5) is 96.4. The molecule has 6 atom stereocenters. The van der Waals surface area contributed by atoms with E-state index in [1.807, 2.05) is 41.5 Å². The number of fused-ring (bicyclic) bond motifs is 2. The van der Waals surface area contributed by atoms with E-state index < -0.39 is 76.3 Å². The Morgan fingerprint density at radius 2 is 1.65 bits per heavy atom. The van der Waals surface area contributed by atoms with E-state index in [0.717, 1.165) is 17.3 Å². The number of nitrogens with zero attached hydrogens (tertiary/aromatic N) is 3. The standard InChI is InChI=1S/C37H53N7O8/c1-11-13-23(27(45)30(47)38-15-12-2)39-29(46)26-25-22(37(25,9)10)18-43(26)33(50)28(36(6,7)8)41-34(51)40-24(35(3,4)5)19-44-31(48)20-14-16-42(52)17-21(20)32(44)49/h12,14,16-17,22-26,28H,2,11,13,15,18-19H2,1,3-10H3,(H,38,47)(H,39,46)(H2,40,41,51)/t22-,23?,24+,25-,26-,28+/m0/s1. The molecule has 15 heteroatoms. The molecule has 1 saturated heterocycles. The number of carbonyl (C=O) groups excluding carboxylic acids is 7. The van der Waals surface area contributed by atoms with Gasteiger partial charge in [-0.3, -0.25) is 33.7 Å². The summed E-state index contributed by atoms with van der Waals surface area (Å²) in [6.45, 7) is 20.4. The van der Waals surface area contributed by atoms with E-state index in [-0.39, 0.29) is 54.4 Å². The highest BCUT2D eigenvalue weighted by atomic mass is 16.5. The van der Waals surface area contributed by atoms with Crippen molar-refractivity contribution in [2.75, 3.05) is 19.6 Å². The number of rotatable bonds is 13. The normalized spacial score (nSPS) is 22.1. The van der Waals surface area contributed by atoms with Crippen molar-refractivity contribution in [3.8, 4) is 0 Å². The Morgan fingerprint density at radius 1 is 1.02 bits per heavy atom. The van der Waals surface area contributed by atoms with Gasteiger partial charge in [-0.15, -0.1) is 6.58 Å². The highest BCUT2D eigenvalue weighted by Crippen LogP contribution is 2.65. The van der Waals surface area contributed by atoms with E-state index in [9.17, 15) is 38.8 Å². The van der Waals surface area contributed by atoms with Gasteiger partial charge in [0, 0.05) is 19.2 Å².